The van der Waals surface area contributed by atoms with E-state index in [2.05, 4.69) is 31.4 Å². The molecule has 11 heteroatoms. The van der Waals surface area contributed by atoms with Gasteiger partial charge in [0.05, 0.1) is 43.9 Å². The Kier molecular flexibility index (Phi) is 7.50. The minimum Gasteiger partial charge on any atom is -0.496 e. The van der Waals surface area contributed by atoms with Crippen LogP contribution in [0.4, 0.5) is 0 Å². The highest BCUT2D eigenvalue weighted by molar-refractivity contribution is 9.10. The van der Waals surface area contributed by atoms with Gasteiger partial charge >= 0.3 is 7.82 Å². The van der Waals surface area contributed by atoms with Crippen LogP contribution in [0.25, 0.3) is 27.5 Å². The Hall–Kier alpha value is -3.24. The van der Waals surface area contributed by atoms with E-state index in [4.69, 9.17) is 21.1 Å². The van der Waals surface area contributed by atoms with Crippen molar-refractivity contribution in [1.82, 2.24) is 4.57 Å². The second kappa shape index (κ2) is 10.1. The van der Waals surface area contributed by atoms with Gasteiger partial charge in [0, 0.05) is 21.8 Å². The summed E-state index contributed by atoms with van der Waals surface area (Å²) < 4.78 is 22.7. The number of nitriles is 1. The molecule has 0 atom stereocenters. The van der Waals surface area contributed by atoms with Gasteiger partial charge in [-0.25, -0.2) is 9.41 Å². The number of nitrogens with zero attached hydrogens (tertiary/aromatic N) is 3. The van der Waals surface area contributed by atoms with E-state index < -0.39 is 20.3 Å². The topological polar surface area (TPSA) is 126 Å². The Morgan fingerprint density at radius 1 is 1.33 bits per heavy atom. The number of rotatable bonds is 7. The minimum absolute atomic E-state index is 0.213. The molecule has 3 aromatic rings. The molecule has 0 saturated heterocycles. The summed E-state index contributed by atoms with van der Waals surface area (Å²) in [7, 11) is -3.20. The number of benzene rings is 2. The molecule has 0 amide bonds. The number of fused-ring (bicyclic) bond motifs is 1. The molecule has 3 rings (SSSR count). The monoisotopic (exact) mass is 529 g/mol. The van der Waals surface area contributed by atoms with Gasteiger partial charge in [0.2, 0.25) is 5.91 Å². The Bertz CT molecular complexity index is 1390. The average Bonchev–Trinajstić information content (AvgIpc) is 3.14. The van der Waals surface area contributed by atoms with Crippen molar-refractivity contribution in [3.05, 3.63) is 75.2 Å². The van der Waals surface area contributed by atoms with E-state index in [-0.39, 0.29) is 12.1 Å². The van der Waals surface area contributed by atoms with Gasteiger partial charge in [0.25, 0.3) is 0 Å². The number of phosphoric ester groups is 1. The van der Waals surface area contributed by atoms with Gasteiger partial charge in [-0.05, 0) is 47.9 Å². The van der Waals surface area contributed by atoms with E-state index in [0.29, 0.717) is 33.3 Å². The first-order valence-corrected chi connectivity index (χ1v) is 11.7. The zero-order chi connectivity index (χ0) is 24.2. The van der Waals surface area contributed by atoms with Crippen LogP contribution in [0.1, 0.15) is 27.9 Å². The molecule has 0 fully saturated rings. The lowest BCUT2D eigenvalue weighted by molar-refractivity contribution is 0.0877. The highest BCUT2D eigenvalue weighted by Crippen LogP contribution is 2.36. The minimum atomic E-state index is -4.69. The van der Waals surface area contributed by atoms with Gasteiger partial charge < -0.3 is 14.5 Å². The number of phosphoric acid groups is 1. The lowest BCUT2D eigenvalue weighted by atomic mass is 10.1. The van der Waals surface area contributed by atoms with Crippen LogP contribution in [0.15, 0.2) is 47.1 Å². The Morgan fingerprint density at radius 3 is 2.73 bits per heavy atom. The van der Waals surface area contributed by atoms with Gasteiger partial charge in [-0.1, -0.05) is 15.9 Å². The summed E-state index contributed by atoms with van der Waals surface area (Å²) in [5.41, 5.74) is 2.12. The van der Waals surface area contributed by atoms with Crippen molar-refractivity contribution in [2.24, 2.45) is 0 Å². The van der Waals surface area contributed by atoms with Crippen LogP contribution in [0, 0.1) is 17.9 Å². The first-order valence-electron chi connectivity index (χ1n) is 9.38. The van der Waals surface area contributed by atoms with E-state index >= 15 is 0 Å². The summed E-state index contributed by atoms with van der Waals surface area (Å²) in [4.78, 5) is 34.1. The van der Waals surface area contributed by atoms with Gasteiger partial charge in [0.1, 0.15) is 5.75 Å². The maximum Gasteiger partial charge on any atom is 0.469 e. The molecular formula is C22H17BrN3O6P. The second-order valence-corrected chi connectivity index (χ2v) is 8.91. The number of halogens is 1. The molecule has 9 nitrogen and oxygen atoms in total. The maximum absolute atomic E-state index is 12.8. The predicted octanol–water partition coefficient (Wildman–Crippen LogP) is 4.84. The third-order valence-corrected chi connectivity index (χ3v) is 5.67. The van der Waals surface area contributed by atoms with Crippen molar-refractivity contribution in [3.63, 3.8) is 0 Å². The fraction of sp³-hybridized carbons (Fsp3) is 0.136. The number of hydrogen-bond acceptors (Lipinski definition) is 5. The highest BCUT2D eigenvalue weighted by atomic mass is 79.9. The van der Waals surface area contributed by atoms with Crippen molar-refractivity contribution >= 4 is 52.3 Å². The number of carbonyl (C=O) groups is 1. The zero-order valence-electron chi connectivity index (χ0n) is 17.2. The average molecular weight is 530 g/mol. The molecule has 2 aromatic carbocycles. The van der Waals surface area contributed by atoms with E-state index in [1.54, 1.807) is 42.5 Å². The normalized spacial score (nSPS) is 11.8. The van der Waals surface area contributed by atoms with Gasteiger partial charge in [-0.15, -0.1) is 0 Å². The predicted molar refractivity (Wildman–Crippen MR) is 125 cm³/mol. The van der Waals surface area contributed by atoms with Crippen LogP contribution in [0.3, 0.4) is 0 Å². The third-order valence-electron chi connectivity index (χ3n) is 4.66. The molecular weight excluding hydrogens is 513 g/mol. The first-order chi connectivity index (χ1) is 15.7. The molecule has 1 heterocycles. The molecule has 0 unspecified atom stereocenters. The zero-order valence-corrected chi connectivity index (χ0v) is 19.7. The largest absolute Gasteiger partial charge is 0.496 e. The summed E-state index contributed by atoms with van der Waals surface area (Å²) in [5.74, 6) is 0.0149. The number of aromatic nitrogens is 1. The maximum atomic E-state index is 12.8. The van der Waals surface area contributed by atoms with Crippen LogP contribution in [-0.2, 0) is 9.09 Å². The summed E-state index contributed by atoms with van der Waals surface area (Å²) in [6.45, 7) is 7.28. The Labute approximate surface area is 197 Å². The van der Waals surface area contributed by atoms with Crippen molar-refractivity contribution in [3.8, 4) is 11.8 Å². The van der Waals surface area contributed by atoms with E-state index in [0.717, 1.165) is 4.47 Å². The molecule has 0 aliphatic carbocycles. The Morgan fingerprint density at radius 2 is 2.09 bits per heavy atom. The molecule has 0 bridgehead atoms. The first kappa shape index (κ1) is 24.4. The van der Waals surface area contributed by atoms with Crippen LogP contribution >= 0.6 is 23.8 Å². The highest BCUT2D eigenvalue weighted by Gasteiger charge is 2.19. The lowest BCUT2D eigenvalue weighted by Gasteiger charge is -2.06. The van der Waals surface area contributed by atoms with E-state index in [9.17, 15) is 14.6 Å². The van der Waals surface area contributed by atoms with Crippen molar-refractivity contribution in [2.75, 3.05) is 13.7 Å². The second-order valence-electron chi connectivity index (χ2n) is 6.75. The van der Waals surface area contributed by atoms with E-state index in [1.165, 1.54) is 17.9 Å². The van der Waals surface area contributed by atoms with Crippen LogP contribution in [-0.4, -0.2) is 34.0 Å². The number of ether oxygens (including phenoxy) is 1. The van der Waals surface area contributed by atoms with Gasteiger partial charge in [-0.2, -0.15) is 5.26 Å². The number of hydrogen-bond donors (Lipinski definition) is 2. The van der Waals surface area contributed by atoms with Crippen LogP contribution < -0.4 is 4.74 Å². The summed E-state index contributed by atoms with van der Waals surface area (Å²) >= 11 is 3.40. The molecule has 0 saturated carbocycles. The Balaban J connectivity index is 2.11. The molecule has 0 spiro atoms. The summed E-state index contributed by atoms with van der Waals surface area (Å²) in [6, 6.07) is 12.1. The molecule has 33 heavy (non-hydrogen) atoms. The third kappa shape index (κ3) is 5.77. The lowest BCUT2D eigenvalue weighted by Crippen LogP contribution is -2.11. The van der Waals surface area contributed by atoms with E-state index in [1.807, 2.05) is 0 Å². The molecule has 0 aliphatic heterocycles. The molecule has 1 aromatic heterocycles. The van der Waals surface area contributed by atoms with Crippen molar-refractivity contribution in [2.45, 2.75) is 6.42 Å². The van der Waals surface area contributed by atoms with Gasteiger partial charge in [0.15, 0.2) is 5.70 Å². The smallest absolute Gasteiger partial charge is 0.469 e. The summed E-state index contributed by atoms with van der Waals surface area (Å²) in [6.07, 6.45) is 2.80. The molecule has 2 N–H and O–H groups in total. The van der Waals surface area contributed by atoms with Crippen molar-refractivity contribution in [1.29, 1.82) is 5.26 Å². The summed E-state index contributed by atoms with van der Waals surface area (Å²) in [5, 5.41) is 9.83. The standard InChI is InChI=1S/C22H17BrN3O6P/c1-25-19(10-15-9-14(12-24)3-6-21(15)31-2)18-13-26(20-5-4-16(23)11-17(18)20)22(27)7-8-32-33(28,29)30/h3-6,9-11,13H,7-8H2,2H3,(H2,28,29,30)/b19-10-. The molecule has 0 aliphatic rings. The molecule has 168 valence electrons. The quantitative estimate of drug-likeness (QED) is 0.331. The SMILES string of the molecule is [C-]#[N+]/C(=C\c1cc(C#N)ccc1OC)c1cn(C(=O)CCOP(=O)(O)O)c2ccc(Br)cc12. The number of methoxy groups -OCH3 is 1. The molecule has 0 radical (unpaired) electrons. The van der Waals surface area contributed by atoms with Crippen LogP contribution in [0.5, 0.6) is 5.75 Å². The van der Waals surface area contributed by atoms with Gasteiger partial charge in [-0.3, -0.25) is 13.9 Å². The fourth-order valence-electron chi connectivity index (χ4n) is 3.22. The van der Waals surface area contributed by atoms with Crippen LogP contribution in [0.2, 0.25) is 0 Å². The number of carbonyl (C=O) groups excluding carboxylic acids is 1. The van der Waals surface area contributed by atoms with Crippen molar-refractivity contribution < 1.29 is 28.4 Å². The fourth-order valence-corrected chi connectivity index (χ4v) is 3.91.